The van der Waals surface area contributed by atoms with E-state index in [9.17, 15) is 0 Å². The van der Waals surface area contributed by atoms with E-state index in [2.05, 4.69) is 302 Å². The van der Waals surface area contributed by atoms with Gasteiger partial charge in [-0.3, -0.25) is 0 Å². The lowest BCUT2D eigenvalue weighted by Crippen LogP contribution is -2.52. The Bertz CT molecular complexity index is 3490. The standard InChI is InChI=1S/C82H110O4Si2/c1-75(2,3)55-37-29-51(30-38-55)67-61(47-83-79(13,14)15)63(49-85-81(19,20)21)69(53-33-41-57(42-34-53)77(7,8)9)73-71(67)59-45-66-60(46-65(59)87(73,25)26)72-68(52-31-39-56(40-32-52)76(4,5)6)62(48-84-80(16,17)18)64(50-86-82(22,23)24)70(74(72)88(66,27)28)54-35-43-58(44-36-54)78(10,11)12/h29-46H,47-50H2,1-28H3. The Kier molecular flexibility index (Phi) is 17.5. The van der Waals surface area contributed by atoms with Gasteiger partial charge in [0, 0.05) is 0 Å². The summed E-state index contributed by atoms with van der Waals surface area (Å²) < 4.78 is 28.5. The van der Waals surface area contributed by atoms with Crippen molar-refractivity contribution < 1.29 is 18.9 Å². The lowest BCUT2D eigenvalue weighted by molar-refractivity contribution is -0.0240. The van der Waals surface area contributed by atoms with Crippen molar-refractivity contribution in [2.45, 2.75) is 263 Å². The van der Waals surface area contributed by atoms with Gasteiger partial charge in [0.15, 0.2) is 0 Å². The number of hydrogen-bond acceptors (Lipinski definition) is 4. The van der Waals surface area contributed by atoms with E-state index in [1.807, 2.05) is 0 Å². The summed E-state index contributed by atoms with van der Waals surface area (Å²) in [7, 11) is -5.43. The first-order valence-corrected chi connectivity index (χ1v) is 38.8. The summed E-state index contributed by atoms with van der Waals surface area (Å²) in [6.45, 7) is 66.4. The van der Waals surface area contributed by atoms with Gasteiger partial charge in [0.05, 0.1) is 48.8 Å². The number of fused-ring (bicyclic) bond motifs is 6. The van der Waals surface area contributed by atoms with Crippen molar-refractivity contribution in [1.82, 2.24) is 0 Å². The van der Waals surface area contributed by atoms with Crippen molar-refractivity contribution in [3.05, 3.63) is 154 Å². The normalized spacial score (nSPS) is 15.1. The topological polar surface area (TPSA) is 36.9 Å². The fraction of sp³-hybridized carbons (Fsp3) is 0.488. The highest BCUT2D eigenvalue weighted by atomic mass is 28.3. The van der Waals surface area contributed by atoms with Crippen LogP contribution in [0.4, 0.5) is 0 Å². The van der Waals surface area contributed by atoms with Crippen molar-refractivity contribution in [1.29, 1.82) is 0 Å². The zero-order valence-electron chi connectivity index (χ0n) is 59.9. The molecule has 0 amide bonds. The molecule has 0 saturated heterocycles. The van der Waals surface area contributed by atoms with E-state index >= 15 is 0 Å². The van der Waals surface area contributed by atoms with Gasteiger partial charge in [-0.25, -0.2) is 0 Å². The number of benzene rings is 7. The highest BCUT2D eigenvalue weighted by Crippen LogP contribution is 2.51. The van der Waals surface area contributed by atoms with Crippen LogP contribution in [0.2, 0.25) is 26.2 Å². The van der Waals surface area contributed by atoms with Gasteiger partial charge in [0.25, 0.3) is 0 Å². The van der Waals surface area contributed by atoms with Gasteiger partial charge < -0.3 is 18.9 Å². The summed E-state index contributed by atoms with van der Waals surface area (Å²) in [5.41, 5.74) is 24.1. The predicted octanol–water partition coefficient (Wildman–Crippen LogP) is 20.4. The molecule has 4 nitrogen and oxygen atoms in total. The molecule has 6 heteroatoms. The van der Waals surface area contributed by atoms with Crippen LogP contribution < -0.4 is 20.7 Å². The molecule has 2 aliphatic rings. The molecule has 0 radical (unpaired) electrons. The Balaban J connectivity index is 1.50. The second-order valence-corrected chi connectivity index (χ2v) is 43.6. The molecule has 0 spiro atoms. The molecular weight excluding hydrogens is 1110 g/mol. The summed E-state index contributed by atoms with van der Waals surface area (Å²) in [5.74, 6) is 0. The Labute approximate surface area is 536 Å². The largest absolute Gasteiger partial charge is 0.371 e. The molecule has 0 aliphatic carbocycles. The van der Waals surface area contributed by atoms with Crippen LogP contribution in [0.5, 0.6) is 0 Å². The average molecular weight is 1220 g/mol. The monoisotopic (exact) mass is 1210 g/mol. The molecular formula is C82H110O4Si2. The molecule has 0 fully saturated rings. The van der Waals surface area contributed by atoms with Crippen LogP contribution in [0, 0.1) is 0 Å². The van der Waals surface area contributed by atoms with E-state index in [4.69, 9.17) is 18.9 Å². The summed E-state index contributed by atoms with van der Waals surface area (Å²) in [6, 6.07) is 43.8. The number of hydrogen-bond donors (Lipinski definition) is 0. The van der Waals surface area contributed by atoms with Crippen LogP contribution in [0.15, 0.2) is 109 Å². The minimum atomic E-state index is -2.71. The lowest BCUT2D eigenvalue weighted by Gasteiger charge is -2.32. The van der Waals surface area contributed by atoms with Crippen LogP contribution in [0.25, 0.3) is 66.8 Å². The summed E-state index contributed by atoms with van der Waals surface area (Å²) in [4.78, 5) is 0. The third-order valence-electron chi connectivity index (χ3n) is 18.5. The molecule has 470 valence electrons. The Hall–Kier alpha value is -5.19. The fourth-order valence-corrected chi connectivity index (χ4v) is 20.3. The molecule has 7 aromatic rings. The smallest absolute Gasteiger partial charge is 0.114 e. The van der Waals surface area contributed by atoms with Gasteiger partial charge >= 0.3 is 0 Å². The Morgan fingerprint density at radius 2 is 0.455 bits per heavy atom. The summed E-state index contributed by atoms with van der Waals surface area (Å²) in [6.07, 6.45) is 0. The van der Waals surface area contributed by atoms with Gasteiger partial charge in [-0.05, 0) is 237 Å². The van der Waals surface area contributed by atoms with Crippen LogP contribution >= 0.6 is 0 Å². The highest BCUT2D eigenvalue weighted by molar-refractivity contribution is 7.07. The van der Waals surface area contributed by atoms with Gasteiger partial charge in [-0.15, -0.1) is 0 Å². The second kappa shape index (κ2) is 22.9. The molecule has 0 N–H and O–H groups in total. The van der Waals surface area contributed by atoms with Gasteiger partial charge in [0.2, 0.25) is 0 Å². The van der Waals surface area contributed by atoms with Crippen molar-refractivity contribution in [3.63, 3.8) is 0 Å². The molecule has 2 aliphatic heterocycles. The minimum Gasteiger partial charge on any atom is -0.371 e. The van der Waals surface area contributed by atoms with Crippen molar-refractivity contribution in [3.8, 4) is 66.8 Å². The first kappa shape index (κ1) is 67.2. The first-order valence-electron chi connectivity index (χ1n) is 32.8. The summed E-state index contributed by atoms with van der Waals surface area (Å²) in [5, 5.41) is 5.94. The van der Waals surface area contributed by atoms with Gasteiger partial charge in [-0.2, -0.15) is 0 Å². The molecule has 88 heavy (non-hydrogen) atoms. The van der Waals surface area contributed by atoms with E-state index in [0.29, 0.717) is 26.4 Å². The number of rotatable bonds is 12. The zero-order valence-corrected chi connectivity index (χ0v) is 61.9. The maximum atomic E-state index is 7.14. The van der Waals surface area contributed by atoms with Crippen LogP contribution in [-0.2, 0) is 67.0 Å². The van der Waals surface area contributed by atoms with E-state index in [1.54, 1.807) is 0 Å². The van der Waals surface area contributed by atoms with Crippen molar-refractivity contribution in [2.75, 3.05) is 0 Å². The molecule has 0 aromatic heterocycles. The maximum Gasteiger partial charge on any atom is 0.114 e. The quantitative estimate of drug-likeness (QED) is 0.114. The lowest BCUT2D eigenvalue weighted by atomic mass is 9.80. The first-order chi connectivity index (χ1) is 40.2. The highest BCUT2D eigenvalue weighted by Gasteiger charge is 2.49. The molecule has 7 aromatic carbocycles. The third kappa shape index (κ3) is 13.6. The van der Waals surface area contributed by atoms with Crippen LogP contribution in [0.1, 0.15) is 211 Å². The Morgan fingerprint density at radius 1 is 0.261 bits per heavy atom. The van der Waals surface area contributed by atoms with Crippen LogP contribution in [0.3, 0.4) is 0 Å². The third-order valence-corrected chi connectivity index (χ3v) is 25.5. The predicted molar refractivity (Wildman–Crippen MR) is 386 cm³/mol. The van der Waals surface area contributed by atoms with Crippen LogP contribution in [-0.4, -0.2) is 38.6 Å². The fourth-order valence-electron chi connectivity index (χ4n) is 13.4. The maximum absolute atomic E-state index is 7.14. The SMILES string of the molecule is CC(C)(C)OCc1c(COC(C)(C)C)c(-c2ccc(C(C)(C)C)cc2)c2c(c1-c1ccc(C(C)(C)C)cc1)-c1cc3c(cc1[Si]2(C)C)-c1c(-c2ccc(C(C)(C)C)cc2)c(COC(C)(C)C)c(COC(C)(C)C)c(-c2ccc(C(C)(C)C)cc2)c1[Si]3(C)C. The van der Waals surface area contributed by atoms with E-state index < -0.39 is 38.6 Å². The molecule has 0 saturated carbocycles. The number of ether oxygens (including phenoxy) is 4. The van der Waals surface area contributed by atoms with Crippen molar-refractivity contribution in [2.24, 2.45) is 0 Å². The molecule has 0 unspecified atom stereocenters. The molecule has 9 rings (SSSR count). The molecule has 0 bridgehead atoms. The van der Waals surface area contributed by atoms with E-state index in [1.165, 1.54) is 132 Å². The molecule has 2 heterocycles. The van der Waals surface area contributed by atoms with Gasteiger partial charge in [0.1, 0.15) is 16.1 Å². The minimum absolute atomic E-state index is 0.00637. The zero-order chi connectivity index (χ0) is 65.2. The Morgan fingerprint density at radius 3 is 0.648 bits per heavy atom. The second-order valence-electron chi connectivity index (χ2n) is 35.0. The van der Waals surface area contributed by atoms with E-state index in [-0.39, 0.29) is 21.7 Å². The van der Waals surface area contributed by atoms with Gasteiger partial charge in [-0.1, -0.05) is 218 Å². The van der Waals surface area contributed by atoms with Crippen molar-refractivity contribution >= 4 is 36.9 Å². The average Bonchev–Trinajstić information content (AvgIpc) is 1.53. The molecule has 0 atom stereocenters. The van der Waals surface area contributed by atoms with E-state index in [0.717, 1.165) is 0 Å². The summed E-state index contributed by atoms with van der Waals surface area (Å²) >= 11 is 0.